The molecule has 0 aliphatic carbocycles. The number of aromatic amines is 1. The number of fused-ring (bicyclic) bond motifs is 1. The van der Waals surface area contributed by atoms with Gasteiger partial charge in [0, 0.05) is 5.69 Å². The van der Waals surface area contributed by atoms with Crippen LogP contribution in [-0.4, -0.2) is 27.1 Å². The molecule has 1 aromatic carbocycles. The summed E-state index contributed by atoms with van der Waals surface area (Å²) in [4.78, 5) is 31.9. The van der Waals surface area contributed by atoms with Gasteiger partial charge in [0.15, 0.2) is 0 Å². The molecule has 0 radical (unpaired) electrons. The molecule has 3 rings (SSSR count). The highest BCUT2D eigenvalue weighted by molar-refractivity contribution is 5.89. The molecular formula is C18H19N3O3. The molecule has 2 heterocycles. The zero-order valence-electron chi connectivity index (χ0n) is 13.9. The van der Waals surface area contributed by atoms with Gasteiger partial charge >= 0.3 is 5.97 Å². The first-order valence-electron chi connectivity index (χ1n) is 7.82. The van der Waals surface area contributed by atoms with E-state index in [-0.39, 0.29) is 11.5 Å². The third-order valence-electron chi connectivity index (χ3n) is 3.88. The van der Waals surface area contributed by atoms with Crippen molar-refractivity contribution in [3.8, 4) is 0 Å². The number of carbonyl (C=O) groups excluding carboxylic acids is 1. The molecule has 6 nitrogen and oxygen atoms in total. The molecule has 6 heteroatoms. The van der Waals surface area contributed by atoms with Crippen molar-refractivity contribution >= 4 is 17.0 Å². The second-order valence-corrected chi connectivity index (χ2v) is 5.68. The Kier molecular flexibility index (Phi) is 4.20. The molecule has 0 spiro atoms. The molecule has 0 bridgehead atoms. The van der Waals surface area contributed by atoms with Crippen LogP contribution in [0.15, 0.2) is 35.1 Å². The third kappa shape index (κ3) is 2.95. The number of nitrogens with one attached hydrogen (secondary N) is 1. The van der Waals surface area contributed by atoms with E-state index in [0.29, 0.717) is 35.6 Å². The zero-order chi connectivity index (χ0) is 17.3. The van der Waals surface area contributed by atoms with Crippen molar-refractivity contribution in [1.29, 1.82) is 0 Å². The quantitative estimate of drug-likeness (QED) is 0.748. The van der Waals surface area contributed by atoms with Crippen LogP contribution < -0.4 is 5.56 Å². The summed E-state index contributed by atoms with van der Waals surface area (Å²) in [6.45, 7) is 6.23. The topological polar surface area (TPSA) is 77.0 Å². The largest absolute Gasteiger partial charge is 0.462 e. The third-order valence-corrected chi connectivity index (χ3v) is 3.88. The molecule has 0 amide bonds. The van der Waals surface area contributed by atoms with Crippen LogP contribution in [0.5, 0.6) is 0 Å². The number of H-pyrrole nitrogens is 1. The summed E-state index contributed by atoms with van der Waals surface area (Å²) in [5.41, 5.74) is 2.87. The smallest absolute Gasteiger partial charge is 0.338 e. The van der Waals surface area contributed by atoms with Gasteiger partial charge in [0.25, 0.3) is 5.56 Å². The van der Waals surface area contributed by atoms with Crippen molar-refractivity contribution in [3.63, 3.8) is 0 Å². The molecule has 1 N–H and O–H groups in total. The van der Waals surface area contributed by atoms with Gasteiger partial charge in [0.2, 0.25) is 0 Å². The Morgan fingerprint density at radius 1 is 1.25 bits per heavy atom. The summed E-state index contributed by atoms with van der Waals surface area (Å²) >= 11 is 0. The predicted molar refractivity (Wildman–Crippen MR) is 91.3 cm³/mol. The first kappa shape index (κ1) is 16.0. The second kappa shape index (κ2) is 6.31. The van der Waals surface area contributed by atoms with E-state index in [4.69, 9.17) is 4.74 Å². The molecule has 0 unspecified atom stereocenters. The average Bonchev–Trinajstić information content (AvgIpc) is 2.93. The number of benzene rings is 1. The molecule has 0 aliphatic heterocycles. The van der Waals surface area contributed by atoms with Crippen molar-refractivity contribution in [2.24, 2.45) is 0 Å². The Hall–Kier alpha value is -2.89. The molecule has 3 aromatic rings. The number of hydrogen-bond acceptors (Lipinski definition) is 4. The van der Waals surface area contributed by atoms with E-state index in [0.717, 1.165) is 11.3 Å². The Morgan fingerprint density at radius 3 is 2.62 bits per heavy atom. The summed E-state index contributed by atoms with van der Waals surface area (Å²) in [5, 5.41) is 0.584. The van der Waals surface area contributed by atoms with E-state index in [2.05, 4.69) is 9.97 Å². The highest BCUT2D eigenvalue weighted by Gasteiger charge is 2.11. The standard InChI is InChI=1S/C18H19N3O3/c1-4-24-18(23)14-7-5-13(6-8-14)10-21-12(3)20-16-15(17(21)22)9-11(2)19-16/h5-9,19H,4,10H2,1-3H3. The predicted octanol–water partition coefficient (Wildman–Crippen LogP) is 2.57. The van der Waals surface area contributed by atoms with Gasteiger partial charge < -0.3 is 9.72 Å². The van der Waals surface area contributed by atoms with Gasteiger partial charge in [-0.3, -0.25) is 9.36 Å². The van der Waals surface area contributed by atoms with Crippen LogP contribution in [0.3, 0.4) is 0 Å². The van der Waals surface area contributed by atoms with Crippen molar-refractivity contribution < 1.29 is 9.53 Å². The van der Waals surface area contributed by atoms with Crippen LogP contribution in [0.4, 0.5) is 0 Å². The first-order chi connectivity index (χ1) is 11.5. The Morgan fingerprint density at radius 2 is 1.96 bits per heavy atom. The van der Waals surface area contributed by atoms with Crippen molar-refractivity contribution in [2.75, 3.05) is 6.61 Å². The fraction of sp³-hybridized carbons (Fsp3) is 0.278. The molecule has 24 heavy (non-hydrogen) atoms. The lowest BCUT2D eigenvalue weighted by Gasteiger charge is -2.10. The van der Waals surface area contributed by atoms with Crippen LogP contribution in [-0.2, 0) is 11.3 Å². The van der Waals surface area contributed by atoms with Crippen molar-refractivity contribution in [3.05, 3.63) is 63.3 Å². The number of esters is 1. The first-order valence-corrected chi connectivity index (χ1v) is 7.82. The van der Waals surface area contributed by atoms with Crippen LogP contribution in [0.2, 0.25) is 0 Å². The van der Waals surface area contributed by atoms with Crippen LogP contribution in [0.25, 0.3) is 11.0 Å². The number of ether oxygens (including phenoxy) is 1. The Balaban J connectivity index is 1.92. The van der Waals surface area contributed by atoms with Crippen molar-refractivity contribution in [2.45, 2.75) is 27.3 Å². The minimum Gasteiger partial charge on any atom is -0.462 e. The summed E-state index contributed by atoms with van der Waals surface area (Å²) in [6, 6.07) is 8.88. The van der Waals surface area contributed by atoms with Gasteiger partial charge in [-0.15, -0.1) is 0 Å². The van der Waals surface area contributed by atoms with E-state index in [9.17, 15) is 9.59 Å². The van der Waals surface area contributed by atoms with E-state index in [1.807, 2.05) is 32.0 Å². The van der Waals surface area contributed by atoms with E-state index in [1.54, 1.807) is 23.6 Å². The number of aryl methyl sites for hydroxylation is 2. The normalized spacial score (nSPS) is 11.0. The summed E-state index contributed by atoms with van der Waals surface area (Å²) in [6.07, 6.45) is 0. The number of carbonyl (C=O) groups is 1. The lowest BCUT2D eigenvalue weighted by Crippen LogP contribution is -2.24. The maximum Gasteiger partial charge on any atom is 0.338 e. The number of rotatable bonds is 4. The van der Waals surface area contributed by atoms with Crippen molar-refractivity contribution in [1.82, 2.24) is 14.5 Å². The minimum absolute atomic E-state index is 0.0729. The maximum absolute atomic E-state index is 12.7. The highest BCUT2D eigenvalue weighted by Crippen LogP contribution is 2.12. The fourth-order valence-corrected chi connectivity index (χ4v) is 2.67. The lowest BCUT2D eigenvalue weighted by atomic mass is 10.1. The number of nitrogens with zero attached hydrogens (tertiary/aromatic N) is 2. The zero-order valence-corrected chi connectivity index (χ0v) is 13.9. The Bertz CT molecular complexity index is 952. The molecule has 0 saturated heterocycles. The van der Waals surface area contributed by atoms with Crippen LogP contribution in [0, 0.1) is 13.8 Å². The van der Waals surface area contributed by atoms with E-state index >= 15 is 0 Å². The van der Waals surface area contributed by atoms with Crippen LogP contribution in [0.1, 0.15) is 34.4 Å². The highest BCUT2D eigenvalue weighted by atomic mass is 16.5. The van der Waals surface area contributed by atoms with Gasteiger partial charge in [0.1, 0.15) is 11.5 Å². The van der Waals surface area contributed by atoms with Gasteiger partial charge in [0.05, 0.1) is 24.1 Å². The Labute approximate surface area is 139 Å². The lowest BCUT2D eigenvalue weighted by molar-refractivity contribution is 0.0526. The average molecular weight is 325 g/mol. The SMILES string of the molecule is CCOC(=O)c1ccc(Cn2c(C)nc3[nH]c(C)cc3c2=O)cc1. The van der Waals surface area contributed by atoms with E-state index < -0.39 is 0 Å². The molecule has 0 fully saturated rings. The molecular weight excluding hydrogens is 306 g/mol. The van der Waals surface area contributed by atoms with E-state index in [1.165, 1.54) is 0 Å². The monoisotopic (exact) mass is 325 g/mol. The number of aromatic nitrogens is 3. The summed E-state index contributed by atoms with van der Waals surface area (Å²) in [5.74, 6) is 0.298. The molecule has 0 atom stereocenters. The van der Waals surface area contributed by atoms with Gasteiger partial charge in [-0.25, -0.2) is 9.78 Å². The number of hydrogen-bond donors (Lipinski definition) is 1. The second-order valence-electron chi connectivity index (χ2n) is 5.68. The van der Waals surface area contributed by atoms with Gasteiger partial charge in [-0.1, -0.05) is 12.1 Å². The minimum atomic E-state index is -0.344. The van der Waals surface area contributed by atoms with Crippen LogP contribution >= 0.6 is 0 Å². The summed E-state index contributed by atoms with van der Waals surface area (Å²) in [7, 11) is 0. The molecule has 124 valence electrons. The maximum atomic E-state index is 12.7. The van der Waals surface area contributed by atoms with Gasteiger partial charge in [-0.2, -0.15) is 0 Å². The van der Waals surface area contributed by atoms with Gasteiger partial charge in [-0.05, 0) is 44.5 Å². The molecule has 2 aromatic heterocycles. The summed E-state index contributed by atoms with van der Waals surface area (Å²) < 4.78 is 6.60. The molecule has 0 saturated carbocycles. The molecule has 0 aliphatic rings. The fourth-order valence-electron chi connectivity index (χ4n) is 2.67.